The zero-order valence-corrected chi connectivity index (χ0v) is 16.6. The normalized spacial score (nSPS) is 10.1. The van der Waals surface area contributed by atoms with Crippen molar-refractivity contribution in [2.24, 2.45) is 0 Å². The minimum atomic E-state index is -0.343. The van der Waals surface area contributed by atoms with Gasteiger partial charge >= 0.3 is 0 Å². The molecule has 2 rings (SSSR count). The number of methoxy groups -OCH3 is 1. The number of amides is 1. The van der Waals surface area contributed by atoms with Crippen LogP contribution in [0.1, 0.15) is 22.8 Å². The number of aryl methyl sites for hydroxylation is 1. The van der Waals surface area contributed by atoms with Gasteiger partial charge in [-0.25, -0.2) is 0 Å². The van der Waals surface area contributed by atoms with Crippen molar-refractivity contribution in [2.75, 3.05) is 19.0 Å². The SMILES string of the molecule is CCOc1ccc(NC(=S)NC(=O)c2cc(Br)cc(C)c2OC)cc1. The third kappa shape index (κ3) is 5.17. The van der Waals surface area contributed by atoms with E-state index in [0.717, 1.165) is 21.5 Å². The molecule has 25 heavy (non-hydrogen) atoms. The molecule has 0 saturated carbocycles. The summed E-state index contributed by atoms with van der Waals surface area (Å²) in [6.45, 7) is 4.40. The van der Waals surface area contributed by atoms with Gasteiger partial charge in [0.15, 0.2) is 5.11 Å². The summed E-state index contributed by atoms with van der Waals surface area (Å²) in [7, 11) is 1.53. The molecular formula is C18H19BrN2O3S. The molecule has 0 atom stereocenters. The summed E-state index contributed by atoms with van der Waals surface area (Å²) in [4.78, 5) is 12.5. The van der Waals surface area contributed by atoms with Crippen molar-refractivity contribution in [3.63, 3.8) is 0 Å². The molecule has 0 aliphatic rings. The molecule has 2 N–H and O–H groups in total. The molecular weight excluding hydrogens is 404 g/mol. The van der Waals surface area contributed by atoms with Gasteiger partial charge in [-0.1, -0.05) is 15.9 Å². The van der Waals surface area contributed by atoms with Crippen molar-refractivity contribution in [2.45, 2.75) is 13.8 Å². The lowest BCUT2D eigenvalue weighted by atomic mass is 10.1. The number of hydrogen-bond acceptors (Lipinski definition) is 4. The zero-order chi connectivity index (χ0) is 18.4. The number of ether oxygens (including phenoxy) is 2. The molecule has 5 nitrogen and oxygen atoms in total. The van der Waals surface area contributed by atoms with Crippen molar-refractivity contribution in [1.82, 2.24) is 5.32 Å². The molecule has 2 aromatic rings. The van der Waals surface area contributed by atoms with Crippen LogP contribution in [0.4, 0.5) is 5.69 Å². The van der Waals surface area contributed by atoms with E-state index in [1.807, 2.05) is 44.2 Å². The van der Waals surface area contributed by atoms with E-state index in [1.165, 1.54) is 7.11 Å². The quantitative estimate of drug-likeness (QED) is 0.703. The summed E-state index contributed by atoms with van der Waals surface area (Å²) in [5.41, 5.74) is 2.02. The molecule has 0 unspecified atom stereocenters. The summed E-state index contributed by atoms with van der Waals surface area (Å²) in [6, 6.07) is 10.9. The van der Waals surface area contributed by atoms with Crippen LogP contribution in [0.3, 0.4) is 0 Å². The molecule has 0 aliphatic heterocycles. The molecule has 0 bridgehead atoms. The topological polar surface area (TPSA) is 59.6 Å². The van der Waals surface area contributed by atoms with Gasteiger partial charge in [0.05, 0.1) is 19.3 Å². The Bertz CT molecular complexity index is 779. The highest BCUT2D eigenvalue weighted by atomic mass is 79.9. The number of nitrogens with one attached hydrogen (secondary N) is 2. The Hall–Kier alpha value is -2.12. The maximum atomic E-state index is 12.5. The number of benzene rings is 2. The largest absolute Gasteiger partial charge is 0.496 e. The maximum Gasteiger partial charge on any atom is 0.261 e. The Morgan fingerprint density at radius 3 is 2.52 bits per heavy atom. The van der Waals surface area contributed by atoms with Crippen molar-refractivity contribution in [3.05, 3.63) is 52.0 Å². The number of hydrogen-bond donors (Lipinski definition) is 2. The highest BCUT2D eigenvalue weighted by molar-refractivity contribution is 9.10. The summed E-state index contributed by atoms with van der Waals surface area (Å²) >= 11 is 8.60. The van der Waals surface area contributed by atoms with Crippen LogP contribution in [0.2, 0.25) is 0 Å². The van der Waals surface area contributed by atoms with Crippen molar-refractivity contribution in [1.29, 1.82) is 0 Å². The van der Waals surface area contributed by atoms with Crippen LogP contribution in [0, 0.1) is 6.92 Å². The smallest absolute Gasteiger partial charge is 0.261 e. The first-order valence-electron chi connectivity index (χ1n) is 7.64. The second kappa shape index (κ2) is 8.82. The molecule has 7 heteroatoms. The van der Waals surface area contributed by atoms with E-state index in [1.54, 1.807) is 6.07 Å². The van der Waals surface area contributed by atoms with Crippen LogP contribution in [0.15, 0.2) is 40.9 Å². The fourth-order valence-electron chi connectivity index (χ4n) is 2.30. The van der Waals surface area contributed by atoms with E-state index < -0.39 is 0 Å². The number of halogens is 1. The Kier molecular flexibility index (Phi) is 6.78. The van der Waals surface area contributed by atoms with Gasteiger partial charge in [0.25, 0.3) is 5.91 Å². The highest BCUT2D eigenvalue weighted by Crippen LogP contribution is 2.27. The van der Waals surface area contributed by atoms with Gasteiger partial charge in [-0.2, -0.15) is 0 Å². The van der Waals surface area contributed by atoms with Crippen LogP contribution < -0.4 is 20.1 Å². The highest BCUT2D eigenvalue weighted by Gasteiger charge is 2.16. The Morgan fingerprint density at radius 1 is 1.24 bits per heavy atom. The molecule has 0 radical (unpaired) electrons. The van der Waals surface area contributed by atoms with Gasteiger partial charge in [0, 0.05) is 10.2 Å². The average molecular weight is 423 g/mol. The Morgan fingerprint density at radius 2 is 1.92 bits per heavy atom. The summed E-state index contributed by atoms with van der Waals surface area (Å²) < 4.78 is 11.5. The first-order valence-corrected chi connectivity index (χ1v) is 8.84. The van der Waals surface area contributed by atoms with Gasteiger partial charge in [-0.3, -0.25) is 10.1 Å². The molecule has 0 heterocycles. The monoisotopic (exact) mass is 422 g/mol. The van der Waals surface area contributed by atoms with Gasteiger partial charge < -0.3 is 14.8 Å². The van der Waals surface area contributed by atoms with Gasteiger partial charge in [0.1, 0.15) is 11.5 Å². The van der Waals surface area contributed by atoms with E-state index in [0.29, 0.717) is 17.9 Å². The van der Waals surface area contributed by atoms with Crippen molar-refractivity contribution >= 4 is 44.9 Å². The minimum absolute atomic E-state index is 0.203. The fraction of sp³-hybridized carbons (Fsp3) is 0.222. The summed E-state index contributed by atoms with van der Waals surface area (Å²) in [5, 5.41) is 5.84. The number of carbonyl (C=O) groups excluding carboxylic acids is 1. The molecule has 2 aromatic carbocycles. The zero-order valence-electron chi connectivity index (χ0n) is 14.2. The van der Waals surface area contributed by atoms with Crippen LogP contribution in [-0.2, 0) is 0 Å². The van der Waals surface area contributed by atoms with Crippen LogP contribution in [0.25, 0.3) is 0 Å². The van der Waals surface area contributed by atoms with Gasteiger partial charge in [0.2, 0.25) is 0 Å². The van der Waals surface area contributed by atoms with Crippen LogP contribution in [0.5, 0.6) is 11.5 Å². The molecule has 0 saturated heterocycles. The maximum absolute atomic E-state index is 12.5. The lowest BCUT2D eigenvalue weighted by Crippen LogP contribution is -2.34. The predicted octanol–water partition coefficient (Wildman–Crippen LogP) is 4.29. The van der Waals surface area contributed by atoms with E-state index in [-0.39, 0.29) is 11.0 Å². The lowest BCUT2D eigenvalue weighted by molar-refractivity contribution is 0.0974. The van der Waals surface area contributed by atoms with Crippen LogP contribution >= 0.6 is 28.1 Å². The average Bonchev–Trinajstić information content (AvgIpc) is 2.56. The van der Waals surface area contributed by atoms with Crippen molar-refractivity contribution in [3.8, 4) is 11.5 Å². The minimum Gasteiger partial charge on any atom is -0.496 e. The third-order valence-electron chi connectivity index (χ3n) is 3.34. The molecule has 132 valence electrons. The molecule has 0 aromatic heterocycles. The number of carbonyl (C=O) groups is 1. The van der Waals surface area contributed by atoms with Crippen LogP contribution in [-0.4, -0.2) is 24.7 Å². The predicted molar refractivity (Wildman–Crippen MR) is 107 cm³/mol. The summed E-state index contributed by atoms with van der Waals surface area (Å²) in [6.07, 6.45) is 0. The van der Waals surface area contributed by atoms with Crippen molar-refractivity contribution < 1.29 is 14.3 Å². The van der Waals surface area contributed by atoms with Gasteiger partial charge in [-0.15, -0.1) is 0 Å². The fourth-order valence-corrected chi connectivity index (χ4v) is 3.09. The first kappa shape index (κ1) is 19.2. The number of rotatable bonds is 5. The number of anilines is 1. The third-order valence-corrected chi connectivity index (χ3v) is 4.00. The van der Waals surface area contributed by atoms with Gasteiger partial charge in [-0.05, 0) is 68.0 Å². The van der Waals surface area contributed by atoms with E-state index >= 15 is 0 Å². The Balaban J connectivity index is 2.06. The Labute approximate surface area is 160 Å². The molecule has 0 aliphatic carbocycles. The second-order valence-electron chi connectivity index (χ2n) is 5.17. The lowest BCUT2D eigenvalue weighted by Gasteiger charge is -2.14. The standard InChI is InChI=1S/C18H19BrN2O3S/c1-4-24-14-7-5-13(6-8-14)20-18(25)21-17(22)15-10-12(19)9-11(2)16(15)23-3/h5-10H,4H2,1-3H3,(H2,20,21,22,25). The molecule has 1 amide bonds. The van der Waals surface area contributed by atoms with E-state index in [9.17, 15) is 4.79 Å². The summed E-state index contributed by atoms with van der Waals surface area (Å²) in [5.74, 6) is 0.951. The van der Waals surface area contributed by atoms with E-state index in [2.05, 4.69) is 26.6 Å². The molecule has 0 fully saturated rings. The number of thiocarbonyl (C=S) groups is 1. The van der Waals surface area contributed by atoms with E-state index in [4.69, 9.17) is 21.7 Å². The molecule has 0 spiro atoms. The first-order chi connectivity index (χ1) is 11.9. The second-order valence-corrected chi connectivity index (χ2v) is 6.49.